The Kier molecular flexibility index (Phi) is 6.15. The Morgan fingerprint density at radius 2 is 2.11 bits per heavy atom. The number of aliphatic hydroxyl groups is 1. The summed E-state index contributed by atoms with van der Waals surface area (Å²) in [5.74, 6) is 1.13. The highest BCUT2D eigenvalue weighted by Crippen LogP contribution is 2.23. The van der Waals surface area contributed by atoms with Gasteiger partial charge in [0.15, 0.2) is 0 Å². The normalized spacial score (nSPS) is 10.9. The maximum atomic E-state index is 9.23. The molecule has 0 unspecified atom stereocenters. The number of aromatic nitrogens is 2. The molecule has 1 rings (SSSR count). The van der Waals surface area contributed by atoms with E-state index in [0.717, 1.165) is 37.4 Å². The number of unbranched alkanes of at least 4 members (excludes halogenated alkanes) is 1. The van der Waals surface area contributed by atoms with Crippen LogP contribution in [0.1, 0.15) is 31.0 Å². The van der Waals surface area contributed by atoms with Crippen LogP contribution >= 0.6 is 0 Å². The van der Waals surface area contributed by atoms with Crippen LogP contribution in [-0.2, 0) is 13.6 Å². The number of hydrogen-bond donors (Lipinski definition) is 2. The third-order valence-electron chi connectivity index (χ3n) is 3.12. The summed E-state index contributed by atoms with van der Waals surface area (Å²) in [4.78, 5) is 2.23. The molecule has 0 fully saturated rings. The maximum absolute atomic E-state index is 9.23. The lowest BCUT2D eigenvalue weighted by molar-refractivity contribution is 0.300. The summed E-state index contributed by atoms with van der Waals surface area (Å²) in [5, 5.41) is 16.9. The summed E-state index contributed by atoms with van der Waals surface area (Å²) in [6, 6.07) is 0. The first kappa shape index (κ1) is 15.0. The minimum Gasteiger partial charge on any atom is -0.395 e. The smallest absolute Gasteiger partial charge is 0.131 e. The van der Waals surface area contributed by atoms with Crippen molar-refractivity contribution in [2.45, 2.75) is 33.2 Å². The summed E-state index contributed by atoms with van der Waals surface area (Å²) in [6.07, 6.45) is 2.28. The van der Waals surface area contributed by atoms with Crippen LogP contribution in [0.4, 0.5) is 5.82 Å². The van der Waals surface area contributed by atoms with Crippen molar-refractivity contribution in [3.8, 4) is 0 Å². The minimum absolute atomic E-state index is 0.174. The van der Waals surface area contributed by atoms with Crippen LogP contribution in [0.3, 0.4) is 0 Å². The predicted octanol–water partition coefficient (Wildman–Crippen LogP) is 1.05. The van der Waals surface area contributed by atoms with Gasteiger partial charge in [-0.05, 0) is 20.4 Å². The third-order valence-corrected chi connectivity index (χ3v) is 3.12. The van der Waals surface area contributed by atoms with Crippen LogP contribution in [0, 0.1) is 6.92 Å². The molecule has 0 aliphatic carbocycles. The highest BCUT2D eigenvalue weighted by Gasteiger charge is 2.18. The third kappa shape index (κ3) is 3.46. The molecule has 0 saturated heterocycles. The number of hydrogen-bond acceptors (Lipinski definition) is 4. The van der Waals surface area contributed by atoms with Crippen molar-refractivity contribution >= 4 is 5.82 Å². The fourth-order valence-electron chi connectivity index (χ4n) is 2.26. The first-order valence-corrected chi connectivity index (χ1v) is 6.68. The van der Waals surface area contributed by atoms with Crippen LogP contribution in [0.5, 0.6) is 0 Å². The van der Waals surface area contributed by atoms with Gasteiger partial charge in [-0.25, -0.2) is 0 Å². The highest BCUT2D eigenvalue weighted by atomic mass is 16.3. The number of anilines is 1. The average Bonchev–Trinajstić information content (AvgIpc) is 2.61. The molecule has 0 aliphatic rings. The van der Waals surface area contributed by atoms with Gasteiger partial charge in [0.05, 0.1) is 12.3 Å². The van der Waals surface area contributed by atoms with E-state index in [1.54, 1.807) is 0 Å². The second kappa shape index (κ2) is 7.38. The zero-order valence-corrected chi connectivity index (χ0v) is 12.0. The van der Waals surface area contributed by atoms with Gasteiger partial charge in [-0.3, -0.25) is 4.68 Å². The molecule has 1 aromatic rings. The second-order valence-corrected chi connectivity index (χ2v) is 4.61. The summed E-state index contributed by atoms with van der Waals surface area (Å²) >= 11 is 0. The molecule has 104 valence electrons. The van der Waals surface area contributed by atoms with E-state index in [9.17, 15) is 5.11 Å². The van der Waals surface area contributed by atoms with E-state index in [2.05, 4.69) is 22.2 Å². The van der Waals surface area contributed by atoms with Gasteiger partial charge in [0, 0.05) is 32.2 Å². The van der Waals surface area contributed by atoms with E-state index in [0.29, 0.717) is 6.54 Å². The molecule has 2 N–H and O–H groups in total. The maximum Gasteiger partial charge on any atom is 0.131 e. The van der Waals surface area contributed by atoms with Crippen molar-refractivity contribution in [2.75, 3.05) is 31.6 Å². The Hall–Kier alpha value is -1.07. The Labute approximate surface area is 110 Å². The Morgan fingerprint density at radius 3 is 2.67 bits per heavy atom. The largest absolute Gasteiger partial charge is 0.395 e. The van der Waals surface area contributed by atoms with Gasteiger partial charge in [0.1, 0.15) is 5.82 Å². The van der Waals surface area contributed by atoms with Gasteiger partial charge in [-0.15, -0.1) is 0 Å². The monoisotopic (exact) mass is 254 g/mol. The molecule has 5 nitrogen and oxygen atoms in total. The number of aliphatic hydroxyl groups excluding tert-OH is 1. The molecule has 0 aliphatic heterocycles. The lowest BCUT2D eigenvalue weighted by Gasteiger charge is -2.25. The summed E-state index contributed by atoms with van der Waals surface area (Å²) in [6.45, 7) is 6.83. The molecule has 0 radical (unpaired) electrons. The zero-order chi connectivity index (χ0) is 13.5. The van der Waals surface area contributed by atoms with E-state index in [1.807, 2.05) is 25.7 Å². The lowest BCUT2D eigenvalue weighted by atomic mass is 10.2. The Morgan fingerprint density at radius 1 is 1.39 bits per heavy atom. The fourth-order valence-corrected chi connectivity index (χ4v) is 2.26. The van der Waals surface area contributed by atoms with Crippen molar-refractivity contribution < 1.29 is 5.11 Å². The standard InChI is InChI=1S/C13H26N4O/c1-5-6-7-17(8-9-18)13-12(10-14-3)11(2)15-16(13)4/h14,18H,5-10H2,1-4H3. The molecular weight excluding hydrogens is 228 g/mol. The number of nitrogens with zero attached hydrogens (tertiary/aromatic N) is 3. The lowest BCUT2D eigenvalue weighted by Crippen LogP contribution is -2.31. The molecule has 0 saturated carbocycles. The summed E-state index contributed by atoms with van der Waals surface area (Å²) in [5.41, 5.74) is 2.28. The average molecular weight is 254 g/mol. The molecule has 1 heterocycles. The topological polar surface area (TPSA) is 53.3 Å². The SMILES string of the molecule is CCCCN(CCO)c1c(CNC)c(C)nn1C. The van der Waals surface area contributed by atoms with Gasteiger partial charge in [0.2, 0.25) is 0 Å². The second-order valence-electron chi connectivity index (χ2n) is 4.61. The molecule has 0 aromatic carbocycles. The van der Waals surface area contributed by atoms with Gasteiger partial charge in [-0.2, -0.15) is 5.10 Å². The summed E-state index contributed by atoms with van der Waals surface area (Å²) in [7, 11) is 3.91. The first-order valence-electron chi connectivity index (χ1n) is 6.68. The molecule has 0 atom stereocenters. The molecule has 5 heteroatoms. The first-order chi connectivity index (χ1) is 8.65. The van der Waals surface area contributed by atoms with E-state index in [-0.39, 0.29) is 6.61 Å². The van der Waals surface area contributed by atoms with Crippen LogP contribution in [0.2, 0.25) is 0 Å². The van der Waals surface area contributed by atoms with Gasteiger partial charge in [-0.1, -0.05) is 13.3 Å². The van der Waals surface area contributed by atoms with Crippen LogP contribution in [-0.4, -0.2) is 41.6 Å². The zero-order valence-electron chi connectivity index (χ0n) is 12.0. The van der Waals surface area contributed by atoms with E-state index in [1.165, 1.54) is 5.56 Å². The molecule has 18 heavy (non-hydrogen) atoms. The van der Waals surface area contributed by atoms with Crippen LogP contribution in [0.15, 0.2) is 0 Å². The van der Waals surface area contributed by atoms with Crippen molar-refractivity contribution in [1.82, 2.24) is 15.1 Å². The van der Waals surface area contributed by atoms with E-state index in [4.69, 9.17) is 0 Å². The highest BCUT2D eigenvalue weighted by molar-refractivity contribution is 5.50. The molecule has 0 bridgehead atoms. The fraction of sp³-hybridized carbons (Fsp3) is 0.769. The molecule has 0 spiro atoms. The minimum atomic E-state index is 0.174. The van der Waals surface area contributed by atoms with E-state index >= 15 is 0 Å². The quantitative estimate of drug-likeness (QED) is 0.728. The van der Waals surface area contributed by atoms with Crippen molar-refractivity contribution in [3.05, 3.63) is 11.3 Å². The number of rotatable bonds is 8. The van der Waals surface area contributed by atoms with E-state index < -0.39 is 0 Å². The number of nitrogens with one attached hydrogen (secondary N) is 1. The van der Waals surface area contributed by atoms with Crippen LogP contribution < -0.4 is 10.2 Å². The summed E-state index contributed by atoms with van der Waals surface area (Å²) < 4.78 is 1.92. The molecule has 0 amide bonds. The van der Waals surface area contributed by atoms with Gasteiger partial charge < -0.3 is 15.3 Å². The predicted molar refractivity (Wildman–Crippen MR) is 74.9 cm³/mol. The molecular formula is C13H26N4O. The molecule has 1 aromatic heterocycles. The number of aryl methyl sites for hydroxylation is 2. The van der Waals surface area contributed by atoms with Crippen molar-refractivity contribution in [1.29, 1.82) is 0 Å². The van der Waals surface area contributed by atoms with Gasteiger partial charge >= 0.3 is 0 Å². The van der Waals surface area contributed by atoms with Crippen LogP contribution in [0.25, 0.3) is 0 Å². The van der Waals surface area contributed by atoms with Crippen molar-refractivity contribution in [2.24, 2.45) is 7.05 Å². The Bertz CT molecular complexity index is 362. The van der Waals surface area contributed by atoms with Crippen molar-refractivity contribution in [3.63, 3.8) is 0 Å². The Balaban J connectivity index is 3.00. The van der Waals surface area contributed by atoms with Gasteiger partial charge in [0.25, 0.3) is 0 Å².